The second kappa shape index (κ2) is 8.55. The molecule has 0 aliphatic rings. The Morgan fingerprint density at radius 3 is 1.05 bits per heavy atom. The number of nitro benzene ring substituents is 3. The third-order valence-electron chi connectivity index (χ3n) is 1.52. The summed E-state index contributed by atoms with van der Waals surface area (Å²) in [6, 6.07) is 1.98. The zero-order valence-electron chi connectivity index (χ0n) is 11.1. The van der Waals surface area contributed by atoms with E-state index in [1.54, 1.807) is 0 Å². The Balaban J connectivity index is -0.000000452. The number of rotatable bonds is 3. The molecule has 1 rings (SSSR count). The molecule has 0 atom stereocenters. The zero-order valence-corrected chi connectivity index (χ0v) is 13.0. The summed E-state index contributed by atoms with van der Waals surface area (Å²) in [5, 5.41) is 30.9. The molecule has 1 aromatic carbocycles. The molecule has 112 valence electrons. The molecule has 0 heterocycles. The minimum absolute atomic E-state index is 0. The minimum atomic E-state index is -4.67. The van der Waals surface area contributed by atoms with Gasteiger partial charge in [-0.3, -0.25) is 39.4 Å². The first-order chi connectivity index (χ1) is 8.91. The van der Waals surface area contributed by atoms with Gasteiger partial charge in [0.1, 0.15) is 0 Å². The van der Waals surface area contributed by atoms with Crippen molar-refractivity contribution in [3.63, 3.8) is 0 Å². The van der Waals surface area contributed by atoms with Crippen molar-refractivity contribution in [1.82, 2.24) is 0 Å². The summed E-state index contributed by atoms with van der Waals surface area (Å²) in [6.07, 6.45) is 0. The first kappa shape index (κ1) is 21.6. The van der Waals surface area contributed by atoms with Crippen molar-refractivity contribution in [3.05, 3.63) is 48.5 Å². The van der Waals surface area contributed by atoms with E-state index in [2.05, 4.69) is 0 Å². The van der Waals surface area contributed by atoms with Gasteiger partial charge in [-0.05, 0) is 0 Å². The van der Waals surface area contributed by atoms with Crippen LogP contribution in [0.15, 0.2) is 18.2 Å². The fraction of sp³-hybridized carbons (Fsp3) is 0. The molecule has 2 N–H and O–H groups in total. The van der Waals surface area contributed by atoms with Crippen LogP contribution in [0, 0.1) is 30.3 Å². The molecule has 0 amide bonds. The van der Waals surface area contributed by atoms with Gasteiger partial charge in [0.05, 0.1) is 33.0 Å². The number of nitrogens with zero attached hydrogens (tertiary/aromatic N) is 3. The Hall–Kier alpha value is -1.71. The van der Waals surface area contributed by atoms with Crippen LogP contribution < -0.4 is 29.6 Å². The predicted octanol–water partition coefficient (Wildman–Crippen LogP) is -2.13. The van der Waals surface area contributed by atoms with Gasteiger partial charge < -0.3 is 1.43 Å². The summed E-state index contributed by atoms with van der Waals surface area (Å²) in [5.74, 6) is 0. The molecular weight excluding hydrogens is 329 g/mol. The molecule has 15 heteroatoms. The maximum absolute atomic E-state index is 10.3. The van der Waals surface area contributed by atoms with Crippen molar-refractivity contribution >= 4 is 27.5 Å². The maximum Gasteiger partial charge on any atom is 1.00 e. The Labute approximate surface area is 139 Å². The van der Waals surface area contributed by atoms with Gasteiger partial charge in [0.15, 0.2) is 0 Å². The van der Waals surface area contributed by atoms with Gasteiger partial charge in [0.2, 0.25) is 0 Å². The molecule has 0 aliphatic heterocycles. The summed E-state index contributed by atoms with van der Waals surface area (Å²) < 4.78 is 31.6. The first-order valence-electron chi connectivity index (χ1n) is 4.20. The van der Waals surface area contributed by atoms with Crippen LogP contribution in [0.5, 0.6) is 0 Å². The Bertz CT molecular complexity index is 578. The van der Waals surface area contributed by atoms with E-state index in [-0.39, 0.29) is 31.0 Å². The van der Waals surface area contributed by atoms with Crippen LogP contribution in [-0.4, -0.2) is 32.3 Å². The molecule has 0 aromatic heterocycles. The van der Waals surface area contributed by atoms with Crippen LogP contribution in [-0.2, 0) is 10.4 Å². The van der Waals surface area contributed by atoms with Crippen molar-refractivity contribution in [1.29, 1.82) is 0 Å². The third kappa shape index (κ3) is 9.77. The van der Waals surface area contributed by atoms with E-state index < -0.39 is 42.2 Å². The van der Waals surface area contributed by atoms with Crippen molar-refractivity contribution in [2.24, 2.45) is 0 Å². The monoisotopic (exact) mass is 335 g/mol. The number of nitro groups is 3. The molecule has 0 spiro atoms. The third-order valence-corrected chi connectivity index (χ3v) is 1.52. The predicted molar refractivity (Wildman–Crippen MR) is 61.7 cm³/mol. The van der Waals surface area contributed by atoms with Gasteiger partial charge >= 0.3 is 40.0 Å². The van der Waals surface area contributed by atoms with E-state index in [0.717, 1.165) is 0 Å². The smallest absolute Gasteiger partial charge is 1.00 e. The van der Waals surface area contributed by atoms with E-state index >= 15 is 0 Å². The zero-order chi connectivity index (χ0) is 16.1. The second-order valence-corrected chi connectivity index (χ2v) is 3.82. The summed E-state index contributed by atoms with van der Waals surface area (Å²) in [6.45, 7) is 0. The molecule has 0 radical (unpaired) electrons. The van der Waals surface area contributed by atoms with Crippen LogP contribution in [0.1, 0.15) is 1.43 Å². The molecule has 1 aromatic rings. The number of benzene rings is 1. The molecule has 13 nitrogen and oxygen atoms in total. The molecule has 0 saturated heterocycles. The molecule has 0 unspecified atom stereocenters. The maximum atomic E-state index is 10.3. The average Bonchev–Trinajstić information content (AvgIpc) is 2.25. The standard InChI is InChI=1S/C6H3N3O6.Na.H2O4S.H/c10-7(11)4-1-5(8(12)13)3-6(2-4)9(14)15;;1-5(2,3)4;/h1-3H;;(H2,1,2,3,4);/q;+1;;-1. The van der Waals surface area contributed by atoms with Gasteiger partial charge in [0.25, 0.3) is 17.1 Å². The van der Waals surface area contributed by atoms with Crippen molar-refractivity contribution in [3.8, 4) is 0 Å². The van der Waals surface area contributed by atoms with Crippen LogP contribution >= 0.6 is 0 Å². The van der Waals surface area contributed by atoms with Gasteiger partial charge in [-0.2, -0.15) is 8.42 Å². The van der Waals surface area contributed by atoms with Crippen LogP contribution in [0.2, 0.25) is 0 Å². The van der Waals surface area contributed by atoms with Crippen molar-refractivity contribution in [2.45, 2.75) is 0 Å². The molecule has 0 fully saturated rings. The minimum Gasteiger partial charge on any atom is -1.00 e. The molecule has 21 heavy (non-hydrogen) atoms. The fourth-order valence-corrected chi connectivity index (χ4v) is 0.896. The fourth-order valence-electron chi connectivity index (χ4n) is 0.896. The van der Waals surface area contributed by atoms with Crippen LogP contribution in [0.4, 0.5) is 17.1 Å². The second-order valence-electron chi connectivity index (χ2n) is 2.93. The topological polar surface area (TPSA) is 204 Å². The van der Waals surface area contributed by atoms with Crippen molar-refractivity contribution < 1.29 is 63.3 Å². The summed E-state index contributed by atoms with van der Waals surface area (Å²) in [7, 11) is -4.67. The normalized spacial score (nSPS) is 9.62. The number of hydrogen-bond acceptors (Lipinski definition) is 8. The quantitative estimate of drug-likeness (QED) is 0.265. The average molecular weight is 335 g/mol. The molecule has 0 aliphatic carbocycles. The number of non-ortho nitro benzene ring substituents is 3. The summed E-state index contributed by atoms with van der Waals surface area (Å²) in [4.78, 5) is 28.1. The number of hydrogen-bond donors (Lipinski definition) is 2. The van der Waals surface area contributed by atoms with E-state index in [0.29, 0.717) is 18.2 Å². The van der Waals surface area contributed by atoms with Crippen molar-refractivity contribution in [2.75, 3.05) is 0 Å². The van der Waals surface area contributed by atoms with Gasteiger partial charge in [-0.15, -0.1) is 0 Å². The largest absolute Gasteiger partial charge is 1.00 e. The van der Waals surface area contributed by atoms with Crippen LogP contribution in [0.3, 0.4) is 0 Å². The SMILES string of the molecule is O=S(=O)(O)O.O=[N+]([O-])c1cc([N+](=O)[O-])cc([N+](=O)[O-])c1.[H-].[Na+]. The molecule has 0 saturated carbocycles. The first-order valence-corrected chi connectivity index (χ1v) is 5.59. The van der Waals surface area contributed by atoms with Crippen LogP contribution in [0.25, 0.3) is 0 Å². The Kier molecular flexibility index (Phi) is 8.79. The van der Waals surface area contributed by atoms with Gasteiger partial charge in [-0.25, -0.2) is 0 Å². The van der Waals surface area contributed by atoms with E-state index in [4.69, 9.17) is 17.5 Å². The van der Waals surface area contributed by atoms with E-state index in [9.17, 15) is 30.3 Å². The summed E-state index contributed by atoms with van der Waals surface area (Å²) >= 11 is 0. The Morgan fingerprint density at radius 2 is 0.952 bits per heavy atom. The van der Waals surface area contributed by atoms with Gasteiger partial charge in [0, 0.05) is 0 Å². The van der Waals surface area contributed by atoms with E-state index in [1.165, 1.54) is 0 Å². The van der Waals surface area contributed by atoms with E-state index in [1.807, 2.05) is 0 Å². The molecule has 0 bridgehead atoms. The Morgan fingerprint density at radius 1 is 0.810 bits per heavy atom. The summed E-state index contributed by atoms with van der Waals surface area (Å²) in [5.41, 5.74) is -2.05. The molecular formula is C6H6N3NaO10S. The van der Waals surface area contributed by atoms with Gasteiger partial charge in [-0.1, -0.05) is 0 Å².